The molecule has 0 radical (unpaired) electrons. The maximum absolute atomic E-state index is 12.4. The van der Waals surface area contributed by atoms with Gasteiger partial charge in [-0.15, -0.1) is 0 Å². The van der Waals surface area contributed by atoms with Crippen LogP contribution in [0.1, 0.15) is 23.9 Å². The van der Waals surface area contributed by atoms with Crippen LogP contribution in [0.5, 0.6) is 11.5 Å². The van der Waals surface area contributed by atoms with Gasteiger partial charge in [0.05, 0.1) is 24.8 Å². The minimum absolute atomic E-state index is 0.00504. The van der Waals surface area contributed by atoms with Gasteiger partial charge in [-0.1, -0.05) is 6.58 Å². The molecule has 3 aromatic rings. The molecule has 27 heavy (non-hydrogen) atoms. The van der Waals surface area contributed by atoms with Crippen LogP contribution in [-0.2, 0) is 0 Å². The molecule has 2 heterocycles. The highest BCUT2D eigenvalue weighted by atomic mass is 16.5. The van der Waals surface area contributed by atoms with Crippen molar-refractivity contribution in [3.8, 4) is 11.5 Å². The van der Waals surface area contributed by atoms with E-state index >= 15 is 0 Å². The van der Waals surface area contributed by atoms with Crippen molar-refractivity contribution >= 4 is 17.7 Å². The van der Waals surface area contributed by atoms with Gasteiger partial charge in [0.15, 0.2) is 0 Å². The van der Waals surface area contributed by atoms with Crippen LogP contribution in [-0.4, -0.2) is 32.2 Å². The highest BCUT2D eigenvalue weighted by Gasteiger charge is 2.05. The van der Waals surface area contributed by atoms with Gasteiger partial charge in [0, 0.05) is 5.56 Å². The van der Waals surface area contributed by atoms with E-state index < -0.39 is 11.1 Å². The van der Waals surface area contributed by atoms with Gasteiger partial charge < -0.3 is 24.8 Å². The van der Waals surface area contributed by atoms with Crippen LogP contribution in [0.25, 0.3) is 17.7 Å². The summed E-state index contributed by atoms with van der Waals surface area (Å²) in [6.07, 6.45) is 4.34. The monoisotopic (exact) mass is 366 g/mol. The minimum atomic E-state index is -0.514. The summed E-state index contributed by atoms with van der Waals surface area (Å²) in [4.78, 5) is 36.8. The highest BCUT2D eigenvalue weighted by Crippen LogP contribution is 2.22. The number of H-pyrrole nitrogens is 3. The first-order valence-corrected chi connectivity index (χ1v) is 8.01. The molecule has 0 aliphatic rings. The Morgan fingerprint density at radius 2 is 1.85 bits per heavy atom. The van der Waals surface area contributed by atoms with Crippen molar-refractivity contribution in [1.29, 1.82) is 0 Å². The molecule has 0 fully saturated rings. The summed E-state index contributed by atoms with van der Waals surface area (Å²) in [5.41, 5.74) is 1.22. The predicted octanol–water partition coefficient (Wildman–Crippen LogP) is 0.191. The summed E-state index contributed by atoms with van der Waals surface area (Å²) >= 11 is 0. The molecule has 0 aliphatic carbocycles. The fourth-order valence-corrected chi connectivity index (χ4v) is 2.53. The number of nitrogens with zero attached hydrogens (tertiary/aromatic N) is 1. The lowest BCUT2D eigenvalue weighted by atomic mass is 10.1. The van der Waals surface area contributed by atoms with Crippen molar-refractivity contribution in [2.45, 2.75) is 6.92 Å². The number of hydrogen-bond donors (Lipinski definition) is 4. The van der Waals surface area contributed by atoms with Crippen molar-refractivity contribution in [2.75, 3.05) is 7.11 Å². The molecule has 1 aromatic carbocycles. The Balaban J connectivity index is 2.15. The molecule has 0 bridgehead atoms. The Morgan fingerprint density at radius 3 is 2.48 bits per heavy atom. The molecule has 0 atom stereocenters. The molecule has 0 aliphatic heterocycles. The van der Waals surface area contributed by atoms with Gasteiger partial charge in [0.2, 0.25) is 0 Å². The van der Waals surface area contributed by atoms with Crippen LogP contribution in [0.4, 0.5) is 0 Å². The van der Waals surface area contributed by atoms with E-state index in [-0.39, 0.29) is 16.4 Å². The standard InChI is InChI=1S/C19H18N4O4/c1-10(2)17-13(20-9-21-17)8-15-19(26)22-14(18(25)23-15)7-11-6-12(27-3)4-5-16(11)24/h4-9,24H,1H2,2-3H3,(H,20,21)(H,22,26)(H,23,25)/b14-7-,15-8-. The molecule has 0 spiro atoms. The van der Waals surface area contributed by atoms with E-state index in [0.717, 1.165) is 5.57 Å². The number of aromatic hydroxyl groups is 1. The summed E-state index contributed by atoms with van der Waals surface area (Å²) in [5, 5.41) is 10.0. The molecule has 4 N–H and O–H groups in total. The number of phenolic OH excluding ortho intramolecular Hbond substituents is 1. The van der Waals surface area contributed by atoms with E-state index in [2.05, 4.69) is 26.5 Å². The van der Waals surface area contributed by atoms with Gasteiger partial charge >= 0.3 is 0 Å². The zero-order valence-corrected chi connectivity index (χ0v) is 14.8. The van der Waals surface area contributed by atoms with Crippen LogP contribution in [0.3, 0.4) is 0 Å². The van der Waals surface area contributed by atoms with Crippen LogP contribution in [0, 0.1) is 0 Å². The topological polar surface area (TPSA) is 124 Å². The molecular formula is C19H18N4O4. The van der Waals surface area contributed by atoms with Crippen LogP contribution < -0.4 is 26.6 Å². The van der Waals surface area contributed by atoms with E-state index in [1.54, 1.807) is 19.1 Å². The predicted molar refractivity (Wildman–Crippen MR) is 102 cm³/mol. The number of aromatic nitrogens is 4. The van der Waals surface area contributed by atoms with Crippen molar-refractivity contribution in [3.63, 3.8) is 0 Å². The quantitative estimate of drug-likeness (QED) is 0.525. The van der Waals surface area contributed by atoms with E-state index in [0.29, 0.717) is 22.7 Å². The van der Waals surface area contributed by atoms with Crippen LogP contribution >= 0.6 is 0 Å². The fraction of sp³-hybridized carbons (Fsp3) is 0.105. The molecule has 8 heteroatoms. The normalized spacial score (nSPS) is 12.4. The smallest absolute Gasteiger partial charge is 0.272 e. The molecule has 0 unspecified atom stereocenters. The number of ether oxygens (including phenoxy) is 1. The highest BCUT2D eigenvalue weighted by molar-refractivity contribution is 5.66. The van der Waals surface area contributed by atoms with E-state index in [1.807, 2.05) is 0 Å². The maximum atomic E-state index is 12.4. The summed E-state index contributed by atoms with van der Waals surface area (Å²) in [6, 6.07) is 4.58. The largest absolute Gasteiger partial charge is 0.507 e. The van der Waals surface area contributed by atoms with Crippen LogP contribution in [0.2, 0.25) is 0 Å². The summed E-state index contributed by atoms with van der Waals surface area (Å²) < 4.78 is 5.10. The maximum Gasteiger partial charge on any atom is 0.272 e. The lowest BCUT2D eigenvalue weighted by Crippen LogP contribution is -2.46. The Hall–Kier alpha value is -3.81. The molecule has 2 aromatic heterocycles. The summed E-state index contributed by atoms with van der Waals surface area (Å²) in [5.74, 6) is 0.463. The fourth-order valence-electron chi connectivity index (χ4n) is 2.53. The van der Waals surface area contributed by atoms with E-state index in [9.17, 15) is 14.7 Å². The van der Waals surface area contributed by atoms with Gasteiger partial charge in [0.25, 0.3) is 11.1 Å². The zero-order valence-electron chi connectivity index (χ0n) is 14.8. The first kappa shape index (κ1) is 18.0. The molecule has 8 nitrogen and oxygen atoms in total. The lowest BCUT2D eigenvalue weighted by molar-refractivity contribution is 0.412. The second-order valence-corrected chi connectivity index (χ2v) is 5.89. The second-order valence-electron chi connectivity index (χ2n) is 5.89. The molecule has 0 amide bonds. The van der Waals surface area contributed by atoms with Gasteiger partial charge in [-0.2, -0.15) is 0 Å². The first-order chi connectivity index (χ1) is 12.9. The number of aromatic amines is 3. The Morgan fingerprint density at radius 1 is 1.19 bits per heavy atom. The Kier molecular flexibility index (Phi) is 4.80. The van der Waals surface area contributed by atoms with Gasteiger partial charge in [-0.3, -0.25) is 9.59 Å². The van der Waals surface area contributed by atoms with Crippen molar-refractivity contribution in [1.82, 2.24) is 19.9 Å². The molecule has 0 saturated heterocycles. The average molecular weight is 366 g/mol. The third-order valence-corrected chi connectivity index (χ3v) is 3.88. The number of nitrogens with one attached hydrogen (secondary N) is 3. The second kappa shape index (κ2) is 7.20. The zero-order chi connectivity index (χ0) is 19.6. The van der Waals surface area contributed by atoms with Crippen LogP contribution in [0.15, 0.2) is 40.7 Å². The van der Waals surface area contributed by atoms with Gasteiger partial charge in [0.1, 0.15) is 22.2 Å². The van der Waals surface area contributed by atoms with Gasteiger partial charge in [-0.05, 0) is 42.8 Å². The Labute approximate surface area is 153 Å². The first-order valence-electron chi connectivity index (χ1n) is 8.01. The van der Waals surface area contributed by atoms with E-state index in [1.165, 1.54) is 31.7 Å². The van der Waals surface area contributed by atoms with Crippen molar-refractivity contribution < 1.29 is 9.84 Å². The molecule has 3 rings (SSSR count). The third-order valence-electron chi connectivity index (χ3n) is 3.88. The minimum Gasteiger partial charge on any atom is -0.507 e. The number of allylic oxidation sites excluding steroid dienone is 1. The molecular weight excluding hydrogens is 348 g/mol. The van der Waals surface area contributed by atoms with Gasteiger partial charge in [-0.25, -0.2) is 4.98 Å². The van der Waals surface area contributed by atoms with Crippen molar-refractivity contribution in [2.24, 2.45) is 0 Å². The van der Waals surface area contributed by atoms with E-state index in [4.69, 9.17) is 4.74 Å². The van der Waals surface area contributed by atoms with Crippen molar-refractivity contribution in [3.05, 3.63) is 79.5 Å². The number of benzene rings is 1. The Bertz CT molecular complexity index is 1250. The molecule has 138 valence electrons. The average Bonchev–Trinajstić information content (AvgIpc) is 3.09. The number of phenols is 1. The number of imidazole rings is 1. The number of hydrogen-bond acceptors (Lipinski definition) is 5. The molecule has 0 saturated carbocycles. The number of methoxy groups -OCH3 is 1. The third kappa shape index (κ3) is 3.74. The summed E-state index contributed by atoms with van der Waals surface area (Å²) in [7, 11) is 1.49. The number of rotatable bonds is 4. The summed E-state index contributed by atoms with van der Waals surface area (Å²) in [6.45, 7) is 5.61. The lowest BCUT2D eigenvalue weighted by Gasteiger charge is -2.03. The SMILES string of the molecule is C=C(C)c1nc[nH]c1/C=c1\[nH]c(=O)/c(=C/c2cc(OC)ccc2O)[nH]c1=O.